The molecule has 1 amide bonds. The molecule has 0 radical (unpaired) electrons. The maximum atomic E-state index is 13.7. The van der Waals surface area contributed by atoms with Crippen molar-refractivity contribution in [2.75, 3.05) is 38.6 Å². The number of ether oxygens (including phenoxy) is 2. The number of fused-ring (bicyclic) bond motifs is 1. The predicted molar refractivity (Wildman–Crippen MR) is 158 cm³/mol. The summed E-state index contributed by atoms with van der Waals surface area (Å²) in [5.74, 6) is -1.15. The van der Waals surface area contributed by atoms with Crippen LogP contribution < -0.4 is 14.2 Å². The summed E-state index contributed by atoms with van der Waals surface area (Å²) in [6.45, 7) is 3.04. The van der Waals surface area contributed by atoms with Crippen LogP contribution in [0.5, 0.6) is 11.5 Å². The van der Waals surface area contributed by atoms with E-state index in [-0.39, 0.29) is 46.5 Å². The second-order valence-electron chi connectivity index (χ2n) is 10.3. The number of nitrogens with zero attached hydrogens (tertiary/aromatic N) is 2. The third-order valence-corrected chi connectivity index (χ3v) is 10.5. The molecule has 3 aromatic carbocycles. The van der Waals surface area contributed by atoms with Crippen molar-refractivity contribution in [1.82, 2.24) is 9.21 Å². The first-order valence-electron chi connectivity index (χ1n) is 13.4. The quantitative estimate of drug-likeness (QED) is 0.346. The fourth-order valence-electron chi connectivity index (χ4n) is 4.64. The molecule has 0 saturated carbocycles. The number of hydrogen-bond donors (Lipinski definition) is 2. The summed E-state index contributed by atoms with van der Waals surface area (Å²) in [7, 11) is -5.40. The number of halogens is 1. The first-order valence-corrected chi connectivity index (χ1v) is 16.3. The van der Waals surface area contributed by atoms with Gasteiger partial charge in [-0.2, -0.15) is 4.31 Å². The molecular weight excluding hydrogens is 601 g/mol. The number of carbonyl (C=O) groups is 1. The van der Waals surface area contributed by atoms with Crippen LogP contribution in [0.15, 0.2) is 76.5 Å². The van der Waals surface area contributed by atoms with E-state index >= 15 is 0 Å². The molecule has 0 spiro atoms. The lowest BCUT2D eigenvalue weighted by molar-refractivity contribution is 0.0389. The Morgan fingerprint density at radius 3 is 2.30 bits per heavy atom. The van der Waals surface area contributed by atoms with Crippen molar-refractivity contribution in [3.63, 3.8) is 0 Å². The van der Waals surface area contributed by atoms with Crippen molar-refractivity contribution < 1.29 is 40.6 Å². The molecule has 232 valence electrons. The SMILES string of the molecule is COc1ccc(S(=O)(=O)Nc2cccc3c2O[C@@H](CN(C)S(=O)(=O)c2ccc(F)cc2)[C@H](C)CN([C@H](C)CO)C3=O)cc1. The van der Waals surface area contributed by atoms with Crippen LogP contribution in [0.1, 0.15) is 24.2 Å². The number of amides is 1. The second kappa shape index (κ2) is 12.9. The van der Waals surface area contributed by atoms with Crippen LogP contribution in [-0.2, 0) is 20.0 Å². The number of likely N-dealkylation sites (N-methyl/N-ethyl adjacent to an activating group) is 1. The number of para-hydroxylation sites is 1. The zero-order valence-electron chi connectivity index (χ0n) is 24.1. The Kier molecular flexibility index (Phi) is 9.64. The van der Waals surface area contributed by atoms with Crippen LogP contribution in [0.2, 0.25) is 0 Å². The molecule has 2 N–H and O–H groups in total. The van der Waals surface area contributed by atoms with Gasteiger partial charge in [0.05, 0.1) is 47.3 Å². The van der Waals surface area contributed by atoms with Gasteiger partial charge in [0.1, 0.15) is 17.7 Å². The summed E-state index contributed by atoms with van der Waals surface area (Å²) < 4.78 is 81.7. The van der Waals surface area contributed by atoms with Gasteiger partial charge in [0.15, 0.2) is 5.75 Å². The van der Waals surface area contributed by atoms with Gasteiger partial charge in [-0.05, 0) is 67.6 Å². The zero-order chi connectivity index (χ0) is 31.5. The van der Waals surface area contributed by atoms with Crippen molar-refractivity contribution in [2.45, 2.75) is 35.8 Å². The van der Waals surface area contributed by atoms with Gasteiger partial charge in [0, 0.05) is 19.5 Å². The van der Waals surface area contributed by atoms with Crippen molar-refractivity contribution in [3.8, 4) is 11.5 Å². The summed E-state index contributed by atoms with van der Waals surface area (Å²) in [5, 5.41) is 9.90. The molecule has 0 aromatic heterocycles. The third kappa shape index (κ3) is 6.93. The lowest BCUT2D eigenvalue weighted by Gasteiger charge is -2.38. The molecule has 1 heterocycles. The van der Waals surface area contributed by atoms with Crippen LogP contribution >= 0.6 is 0 Å². The lowest BCUT2D eigenvalue weighted by atomic mass is 9.99. The maximum absolute atomic E-state index is 13.7. The molecule has 1 aliphatic heterocycles. The Balaban J connectivity index is 1.75. The number of anilines is 1. The molecule has 4 rings (SSSR count). The molecule has 3 aromatic rings. The molecule has 0 bridgehead atoms. The van der Waals surface area contributed by atoms with Gasteiger partial charge in [-0.3, -0.25) is 9.52 Å². The second-order valence-corrected chi connectivity index (χ2v) is 14.1. The summed E-state index contributed by atoms with van der Waals surface area (Å²) in [6.07, 6.45) is -0.868. The summed E-state index contributed by atoms with van der Waals surface area (Å²) in [5.41, 5.74) is 0.0117. The fourth-order valence-corrected chi connectivity index (χ4v) is 6.88. The fraction of sp³-hybridized carbons (Fsp3) is 0.345. The lowest BCUT2D eigenvalue weighted by Crippen LogP contribution is -2.50. The molecule has 43 heavy (non-hydrogen) atoms. The average molecular weight is 636 g/mol. The first kappa shape index (κ1) is 32.2. The van der Waals surface area contributed by atoms with Crippen LogP contribution in [0.3, 0.4) is 0 Å². The van der Waals surface area contributed by atoms with Crippen LogP contribution in [-0.4, -0.2) is 83.1 Å². The maximum Gasteiger partial charge on any atom is 0.262 e. The summed E-state index contributed by atoms with van der Waals surface area (Å²) >= 11 is 0. The van der Waals surface area contributed by atoms with Crippen LogP contribution in [0.25, 0.3) is 0 Å². The molecule has 0 fully saturated rings. The largest absolute Gasteiger partial charge is 0.497 e. The van der Waals surface area contributed by atoms with E-state index in [2.05, 4.69) is 4.72 Å². The van der Waals surface area contributed by atoms with Gasteiger partial charge in [0.2, 0.25) is 10.0 Å². The molecule has 11 nitrogen and oxygen atoms in total. The molecule has 0 unspecified atom stereocenters. The zero-order valence-corrected chi connectivity index (χ0v) is 25.7. The number of sulfonamides is 2. The predicted octanol–water partition coefficient (Wildman–Crippen LogP) is 3.18. The van der Waals surface area contributed by atoms with Gasteiger partial charge in [-0.1, -0.05) is 13.0 Å². The number of benzene rings is 3. The molecule has 0 aliphatic carbocycles. The van der Waals surface area contributed by atoms with E-state index in [4.69, 9.17) is 9.47 Å². The van der Waals surface area contributed by atoms with E-state index in [9.17, 15) is 31.1 Å². The van der Waals surface area contributed by atoms with Crippen molar-refractivity contribution >= 4 is 31.6 Å². The Morgan fingerprint density at radius 2 is 1.70 bits per heavy atom. The van der Waals surface area contributed by atoms with Crippen molar-refractivity contribution in [1.29, 1.82) is 0 Å². The minimum Gasteiger partial charge on any atom is -0.497 e. The third-order valence-electron chi connectivity index (χ3n) is 7.26. The topological polar surface area (TPSA) is 143 Å². The minimum atomic E-state index is -4.15. The molecule has 14 heteroatoms. The monoisotopic (exact) mass is 635 g/mol. The van der Waals surface area contributed by atoms with Gasteiger partial charge in [0.25, 0.3) is 15.9 Å². The highest BCUT2D eigenvalue weighted by molar-refractivity contribution is 7.92. The molecular formula is C29H34FN3O8S2. The van der Waals surface area contributed by atoms with E-state index in [0.717, 1.165) is 28.6 Å². The summed E-state index contributed by atoms with van der Waals surface area (Å²) in [4.78, 5) is 15.0. The van der Waals surface area contributed by atoms with Gasteiger partial charge in [-0.25, -0.2) is 21.2 Å². The highest BCUT2D eigenvalue weighted by Crippen LogP contribution is 2.36. The Labute approximate surface area is 250 Å². The highest BCUT2D eigenvalue weighted by Gasteiger charge is 2.36. The highest BCUT2D eigenvalue weighted by atomic mass is 32.2. The van der Waals surface area contributed by atoms with Gasteiger partial charge >= 0.3 is 0 Å². The number of nitrogens with one attached hydrogen (secondary N) is 1. The number of carbonyl (C=O) groups excluding carboxylic acids is 1. The number of methoxy groups -OCH3 is 1. The molecule has 1 aliphatic rings. The molecule has 0 saturated heterocycles. The minimum absolute atomic E-state index is 0.0265. The smallest absolute Gasteiger partial charge is 0.262 e. The Morgan fingerprint density at radius 1 is 1.07 bits per heavy atom. The van der Waals surface area contributed by atoms with Crippen LogP contribution in [0.4, 0.5) is 10.1 Å². The van der Waals surface area contributed by atoms with E-state index in [1.54, 1.807) is 13.8 Å². The van der Waals surface area contributed by atoms with Crippen molar-refractivity contribution in [2.24, 2.45) is 5.92 Å². The summed E-state index contributed by atoms with van der Waals surface area (Å²) in [6, 6.07) is 14.0. The van der Waals surface area contributed by atoms with E-state index in [0.29, 0.717) is 5.75 Å². The molecule has 3 atom stereocenters. The van der Waals surface area contributed by atoms with Gasteiger partial charge in [-0.15, -0.1) is 0 Å². The van der Waals surface area contributed by atoms with Gasteiger partial charge < -0.3 is 19.5 Å². The standard InChI is InChI=1S/C29H34FN3O8S2/c1-19-16-33(20(2)18-34)29(35)25-6-5-7-26(31-42(36,37)23-14-10-22(40-4)11-15-23)28(25)41-27(19)17-32(3)43(38,39)24-12-8-21(30)9-13-24/h5-15,19-20,27,31,34H,16-18H2,1-4H3/t19-,20-,27+/m1/s1. The van der Waals surface area contributed by atoms with E-state index in [1.807, 2.05) is 0 Å². The average Bonchev–Trinajstić information content (AvgIpc) is 2.98. The first-order chi connectivity index (χ1) is 20.3. The number of aliphatic hydroxyl groups is 1. The Bertz CT molecular complexity index is 1670. The van der Waals surface area contributed by atoms with Crippen LogP contribution in [0, 0.1) is 11.7 Å². The number of rotatable bonds is 10. The number of hydrogen-bond acceptors (Lipinski definition) is 8. The van der Waals surface area contributed by atoms with Crippen molar-refractivity contribution in [3.05, 3.63) is 78.1 Å². The normalized spacial score (nSPS) is 18.3. The van der Waals surface area contributed by atoms with E-state index < -0.39 is 49.8 Å². The number of aliphatic hydroxyl groups excluding tert-OH is 1. The Hall–Kier alpha value is -3.72. The van der Waals surface area contributed by atoms with E-state index in [1.165, 1.54) is 61.5 Å².